The number of nitrogens with one attached hydrogen (secondary N) is 1. The van der Waals surface area contributed by atoms with E-state index < -0.39 is 23.1 Å². The van der Waals surface area contributed by atoms with E-state index in [1.54, 1.807) is 49.4 Å². The van der Waals surface area contributed by atoms with Crippen LogP contribution < -0.4 is 4.90 Å². The van der Waals surface area contributed by atoms with Crippen LogP contribution >= 0.6 is 0 Å². The Morgan fingerprint density at radius 2 is 1.81 bits per heavy atom. The fraction of sp³-hybridized carbons (Fsp3) is 0.273. The number of amides is 1. The summed E-state index contributed by atoms with van der Waals surface area (Å²) in [4.78, 5) is 40.4. The number of non-ortho nitro benzene ring substituents is 1. The lowest BCUT2D eigenvalue weighted by Gasteiger charge is -2.26. The van der Waals surface area contributed by atoms with Crippen molar-refractivity contribution in [2.75, 3.05) is 32.3 Å². The Hall–Kier alpha value is -3.76. The first-order valence-electron chi connectivity index (χ1n) is 9.80. The monoisotopic (exact) mass is 441 g/mol. The van der Waals surface area contributed by atoms with E-state index in [0.717, 1.165) is 0 Å². The van der Waals surface area contributed by atoms with E-state index in [4.69, 9.17) is 14.2 Å². The summed E-state index contributed by atoms with van der Waals surface area (Å²) in [5, 5.41) is 11.9. The lowest BCUT2D eigenvalue weighted by atomic mass is 10.2. The van der Waals surface area contributed by atoms with Crippen LogP contribution in [0.4, 0.5) is 11.4 Å². The number of ether oxygens (including phenoxy) is 3. The van der Waals surface area contributed by atoms with Crippen molar-refractivity contribution >= 4 is 34.2 Å². The highest BCUT2D eigenvalue weighted by molar-refractivity contribution is 6.08. The van der Waals surface area contributed by atoms with Crippen molar-refractivity contribution in [3.63, 3.8) is 0 Å². The largest absolute Gasteiger partial charge is 0.462 e. The van der Waals surface area contributed by atoms with Crippen molar-refractivity contribution in [2.24, 2.45) is 0 Å². The molecule has 0 spiro atoms. The Morgan fingerprint density at radius 3 is 2.41 bits per heavy atom. The average Bonchev–Trinajstić information content (AvgIpc) is 3.24. The number of benzene rings is 2. The minimum atomic E-state index is -0.720. The topological polar surface area (TPSA) is 124 Å². The number of rotatable bonds is 9. The first kappa shape index (κ1) is 22.9. The molecule has 0 bridgehead atoms. The van der Waals surface area contributed by atoms with Crippen molar-refractivity contribution in [1.82, 2.24) is 4.98 Å². The molecule has 10 nitrogen and oxygen atoms in total. The molecule has 0 radical (unpaired) electrons. The SMILES string of the molecule is CCOC(=O)c1ccc(N(CC(OC)OC)C(=O)c2cc3cccc([N+](=O)[O-])c3[nH]2)cc1. The van der Waals surface area contributed by atoms with E-state index in [9.17, 15) is 19.7 Å². The number of nitro benzene ring substituents is 1. The first-order chi connectivity index (χ1) is 15.4. The molecule has 3 aromatic rings. The number of esters is 1. The smallest absolute Gasteiger partial charge is 0.338 e. The van der Waals surface area contributed by atoms with Crippen LogP contribution in [0.15, 0.2) is 48.5 Å². The Balaban J connectivity index is 1.99. The van der Waals surface area contributed by atoms with E-state index in [2.05, 4.69) is 4.98 Å². The summed E-state index contributed by atoms with van der Waals surface area (Å²) in [5.41, 5.74) is 1.12. The molecule has 0 atom stereocenters. The van der Waals surface area contributed by atoms with Gasteiger partial charge in [0.2, 0.25) is 0 Å². The van der Waals surface area contributed by atoms with E-state index in [0.29, 0.717) is 16.6 Å². The van der Waals surface area contributed by atoms with Crippen LogP contribution in [0, 0.1) is 10.1 Å². The molecule has 0 saturated heterocycles. The summed E-state index contributed by atoms with van der Waals surface area (Å²) in [6.07, 6.45) is -0.720. The number of anilines is 1. The van der Waals surface area contributed by atoms with Gasteiger partial charge >= 0.3 is 5.97 Å². The minimum absolute atomic E-state index is 0.0437. The van der Waals surface area contributed by atoms with Gasteiger partial charge in [0.25, 0.3) is 11.6 Å². The molecule has 1 N–H and O–H groups in total. The number of carbonyl (C=O) groups is 2. The zero-order valence-corrected chi connectivity index (χ0v) is 17.9. The molecule has 0 aliphatic rings. The highest BCUT2D eigenvalue weighted by Crippen LogP contribution is 2.27. The molecule has 0 fully saturated rings. The number of nitro groups is 1. The molecular formula is C22H23N3O7. The highest BCUT2D eigenvalue weighted by atomic mass is 16.7. The summed E-state index contributed by atoms with van der Waals surface area (Å²) in [6.45, 7) is 2.01. The van der Waals surface area contributed by atoms with Gasteiger partial charge in [0.15, 0.2) is 6.29 Å². The summed E-state index contributed by atoms with van der Waals surface area (Å²) in [6, 6.07) is 12.5. The second-order valence-corrected chi connectivity index (χ2v) is 6.77. The van der Waals surface area contributed by atoms with Gasteiger partial charge in [-0.3, -0.25) is 14.9 Å². The Labute approximate surface area is 183 Å². The van der Waals surface area contributed by atoms with E-state index in [-0.39, 0.29) is 30.0 Å². The van der Waals surface area contributed by atoms with Crippen LogP contribution in [0.3, 0.4) is 0 Å². The number of fused-ring (bicyclic) bond motifs is 1. The third-order valence-corrected chi connectivity index (χ3v) is 4.85. The van der Waals surface area contributed by atoms with Gasteiger partial charge in [-0.15, -0.1) is 0 Å². The Morgan fingerprint density at radius 1 is 1.12 bits per heavy atom. The molecule has 32 heavy (non-hydrogen) atoms. The number of H-pyrrole nitrogens is 1. The maximum absolute atomic E-state index is 13.4. The van der Waals surface area contributed by atoms with E-state index in [1.165, 1.54) is 25.2 Å². The molecule has 0 saturated carbocycles. The van der Waals surface area contributed by atoms with Gasteiger partial charge in [-0.05, 0) is 37.3 Å². The van der Waals surface area contributed by atoms with Crippen molar-refractivity contribution in [3.8, 4) is 0 Å². The van der Waals surface area contributed by atoms with Crippen molar-refractivity contribution in [2.45, 2.75) is 13.2 Å². The molecule has 1 heterocycles. The maximum atomic E-state index is 13.4. The minimum Gasteiger partial charge on any atom is -0.462 e. The molecule has 10 heteroatoms. The fourth-order valence-electron chi connectivity index (χ4n) is 3.24. The number of nitrogens with zero attached hydrogens (tertiary/aromatic N) is 2. The van der Waals surface area contributed by atoms with Crippen LogP contribution in [0.1, 0.15) is 27.8 Å². The summed E-state index contributed by atoms with van der Waals surface area (Å²) in [7, 11) is 2.90. The van der Waals surface area contributed by atoms with Crippen LogP contribution in [0.5, 0.6) is 0 Å². The third-order valence-electron chi connectivity index (χ3n) is 4.85. The Bertz CT molecular complexity index is 1120. The van der Waals surface area contributed by atoms with Crippen molar-refractivity contribution < 1.29 is 28.7 Å². The summed E-state index contributed by atoms with van der Waals surface area (Å²) in [5.74, 6) is -0.912. The van der Waals surface area contributed by atoms with Gasteiger partial charge in [0.1, 0.15) is 11.2 Å². The molecule has 168 valence electrons. The van der Waals surface area contributed by atoms with Crippen LogP contribution in [0.2, 0.25) is 0 Å². The van der Waals surface area contributed by atoms with Crippen LogP contribution in [-0.2, 0) is 14.2 Å². The quantitative estimate of drug-likeness (QED) is 0.233. The zero-order chi connectivity index (χ0) is 23.3. The average molecular weight is 441 g/mol. The summed E-state index contributed by atoms with van der Waals surface area (Å²) >= 11 is 0. The van der Waals surface area contributed by atoms with Crippen LogP contribution in [0.25, 0.3) is 10.9 Å². The number of para-hydroxylation sites is 1. The van der Waals surface area contributed by atoms with E-state index in [1.807, 2.05) is 0 Å². The Kier molecular flexibility index (Phi) is 7.18. The standard InChI is InChI=1S/C22H23N3O7/c1-4-32-22(27)14-8-10-16(11-9-14)24(13-19(30-2)31-3)21(26)17-12-15-6-5-7-18(25(28)29)20(15)23-17/h5-12,19,23H,4,13H2,1-3H3. The number of carbonyl (C=O) groups excluding carboxylic acids is 2. The molecule has 2 aromatic carbocycles. The predicted molar refractivity (Wildman–Crippen MR) is 117 cm³/mol. The van der Waals surface area contributed by atoms with Crippen LogP contribution in [-0.4, -0.2) is 55.4 Å². The predicted octanol–water partition coefficient (Wildman–Crippen LogP) is 3.52. The lowest BCUT2D eigenvalue weighted by molar-refractivity contribution is -0.383. The molecule has 3 rings (SSSR count). The third kappa shape index (κ3) is 4.76. The normalized spacial score (nSPS) is 11.0. The van der Waals surface area contributed by atoms with Crippen molar-refractivity contribution in [1.29, 1.82) is 0 Å². The molecule has 1 amide bonds. The highest BCUT2D eigenvalue weighted by Gasteiger charge is 2.25. The number of aromatic nitrogens is 1. The first-order valence-corrected chi connectivity index (χ1v) is 9.80. The molecule has 0 aliphatic carbocycles. The van der Waals surface area contributed by atoms with E-state index >= 15 is 0 Å². The van der Waals surface area contributed by atoms with Gasteiger partial charge in [-0.2, -0.15) is 0 Å². The molecule has 0 aliphatic heterocycles. The van der Waals surface area contributed by atoms with Gasteiger partial charge in [-0.25, -0.2) is 4.79 Å². The second kappa shape index (κ2) is 10.0. The van der Waals surface area contributed by atoms with Gasteiger partial charge < -0.3 is 24.1 Å². The van der Waals surface area contributed by atoms with Gasteiger partial charge in [0, 0.05) is 31.4 Å². The fourth-order valence-corrected chi connectivity index (χ4v) is 3.24. The number of aromatic amines is 1. The van der Waals surface area contributed by atoms with Gasteiger partial charge in [-0.1, -0.05) is 12.1 Å². The van der Waals surface area contributed by atoms with Crippen molar-refractivity contribution in [3.05, 3.63) is 69.9 Å². The number of methoxy groups -OCH3 is 2. The number of hydrogen-bond donors (Lipinski definition) is 1. The van der Waals surface area contributed by atoms with Gasteiger partial charge in [0.05, 0.1) is 23.6 Å². The molecule has 1 aromatic heterocycles. The summed E-state index contributed by atoms with van der Waals surface area (Å²) < 4.78 is 15.5. The lowest BCUT2D eigenvalue weighted by Crippen LogP contribution is -2.39. The molecule has 0 unspecified atom stereocenters. The molecular weight excluding hydrogens is 418 g/mol. The zero-order valence-electron chi connectivity index (χ0n) is 17.9. The second-order valence-electron chi connectivity index (χ2n) is 6.77. The maximum Gasteiger partial charge on any atom is 0.338 e. The number of hydrogen-bond acceptors (Lipinski definition) is 7.